The van der Waals surface area contributed by atoms with Crippen molar-refractivity contribution >= 4 is 0 Å². The van der Waals surface area contributed by atoms with E-state index < -0.39 is 0 Å². The molecule has 2 atom stereocenters. The van der Waals surface area contributed by atoms with E-state index in [1.807, 2.05) is 0 Å². The molecule has 1 aliphatic heterocycles. The minimum Gasteiger partial charge on any atom is -0.324 e. The fourth-order valence-electron chi connectivity index (χ4n) is 3.47. The van der Waals surface area contributed by atoms with Crippen LogP contribution in [0.5, 0.6) is 0 Å². The Morgan fingerprint density at radius 1 is 1.25 bits per heavy atom. The molecule has 0 radical (unpaired) electrons. The van der Waals surface area contributed by atoms with Crippen LogP contribution >= 0.6 is 0 Å². The Morgan fingerprint density at radius 3 is 2.60 bits per heavy atom. The Hall–Kier alpha value is -0.860. The summed E-state index contributed by atoms with van der Waals surface area (Å²) in [5.74, 6) is 0.928. The average molecular weight is 274 g/mol. The van der Waals surface area contributed by atoms with Crippen molar-refractivity contribution in [3.8, 4) is 0 Å². The quantitative estimate of drug-likeness (QED) is 0.854. The van der Waals surface area contributed by atoms with E-state index in [4.69, 9.17) is 5.73 Å². The monoisotopic (exact) mass is 274 g/mol. The molecule has 0 amide bonds. The molecule has 1 heterocycles. The smallest absolute Gasteiger partial charge is 0.0307 e. The molecule has 2 unspecified atom stereocenters. The molecule has 1 aromatic rings. The first kappa shape index (κ1) is 15.5. The van der Waals surface area contributed by atoms with Crippen molar-refractivity contribution in [3.63, 3.8) is 0 Å². The number of nitrogens with two attached hydrogens (primary N) is 1. The van der Waals surface area contributed by atoms with Crippen molar-refractivity contribution in [1.29, 1.82) is 0 Å². The summed E-state index contributed by atoms with van der Waals surface area (Å²) < 4.78 is 0. The zero-order valence-corrected chi connectivity index (χ0v) is 13.4. The Kier molecular flexibility index (Phi) is 5.62. The van der Waals surface area contributed by atoms with Crippen molar-refractivity contribution in [2.45, 2.75) is 52.5 Å². The van der Waals surface area contributed by atoms with E-state index in [1.54, 1.807) is 0 Å². The normalized spacial score (nSPS) is 21.3. The first-order chi connectivity index (χ1) is 9.58. The predicted octanol–water partition coefficient (Wildman–Crippen LogP) is 3.82. The van der Waals surface area contributed by atoms with Gasteiger partial charge in [0.1, 0.15) is 0 Å². The summed E-state index contributed by atoms with van der Waals surface area (Å²) in [5, 5.41) is 0. The van der Waals surface area contributed by atoms with Gasteiger partial charge in [-0.25, -0.2) is 0 Å². The van der Waals surface area contributed by atoms with E-state index in [0.717, 1.165) is 18.9 Å². The second kappa shape index (κ2) is 7.24. The van der Waals surface area contributed by atoms with Gasteiger partial charge in [-0.1, -0.05) is 42.7 Å². The third-order valence-corrected chi connectivity index (χ3v) is 4.50. The van der Waals surface area contributed by atoms with Crippen LogP contribution in [0.3, 0.4) is 0 Å². The summed E-state index contributed by atoms with van der Waals surface area (Å²) >= 11 is 0. The van der Waals surface area contributed by atoms with Crippen LogP contribution in [-0.2, 0) is 0 Å². The van der Waals surface area contributed by atoms with Gasteiger partial charge < -0.3 is 10.6 Å². The molecular weight excluding hydrogens is 244 g/mol. The highest BCUT2D eigenvalue weighted by Crippen LogP contribution is 2.23. The third kappa shape index (κ3) is 4.32. The molecule has 1 aliphatic rings. The Morgan fingerprint density at radius 2 is 1.95 bits per heavy atom. The van der Waals surface area contributed by atoms with Crippen molar-refractivity contribution in [3.05, 3.63) is 34.9 Å². The molecule has 20 heavy (non-hydrogen) atoms. The van der Waals surface area contributed by atoms with Crippen LogP contribution in [0.15, 0.2) is 18.2 Å². The lowest BCUT2D eigenvalue weighted by Gasteiger charge is -2.19. The van der Waals surface area contributed by atoms with Crippen LogP contribution in [0.1, 0.15) is 55.3 Å². The molecule has 2 heteroatoms. The number of hydrogen-bond acceptors (Lipinski definition) is 2. The van der Waals surface area contributed by atoms with Gasteiger partial charge in [0.05, 0.1) is 0 Å². The fourth-order valence-corrected chi connectivity index (χ4v) is 3.47. The summed E-state index contributed by atoms with van der Waals surface area (Å²) in [6, 6.07) is 6.87. The second-order valence-electron chi connectivity index (χ2n) is 6.56. The first-order valence-corrected chi connectivity index (χ1v) is 8.14. The molecule has 0 aromatic heterocycles. The Balaban J connectivity index is 1.82. The maximum absolute atomic E-state index is 6.38. The van der Waals surface area contributed by atoms with Gasteiger partial charge in [0, 0.05) is 12.6 Å². The predicted molar refractivity (Wildman–Crippen MR) is 86.9 cm³/mol. The molecular formula is C18H30N2. The van der Waals surface area contributed by atoms with Crippen molar-refractivity contribution in [2.24, 2.45) is 11.7 Å². The van der Waals surface area contributed by atoms with E-state index in [9.17, 15) is 0 Å². The molecule has 0 aliphatic carbocycles. The fraction of sp³-hybridized carbons (Fsp3) is 0.667. The molecule has 2 N–H and O–H groups in total. The zero-order valence-electron chi connectivity index (χ0n) is 13.4. The van der Waals surface area contributed by atoms with Gasteiger partial charge in [-0.2, -0.15) is 0 Å². The Bertz CT molecular complexity index is 407. The number of nitrogens with zero attached hydrogens (tertiary/aromatic N) is 1. The van der Waals surface area contributed by atoms with Crippen molar-refractivity contribution in [1.82, 2.24) is 4.90 Å². The van der Waals surface area contributed by atoms with Crippen LogP contribution in [-0.4, -0.2) is 24.5 Å². The highest BCUT2D eigenvalue weighted by atomic mass is 15.1. The van der Waals surface area contributed by atoms with Crippen LogP contribution < -0.4 is 5.73 Å². The van der Waals surface area contributed by atoms with Crippen LogP contribution in [0.25, 0.3) is 0 Å². The largest absolute Gasteiger partial charge is 0.324 e. The second-order valence-corrected chi connectivity index (χ2v) is 6.56. The third-order valence-electron chi connectivity index (χ3n) is 4.50. The van der Waals surface area contributed by atoms with Crippen LogP contribution in [0.4, 0.5) is 0 Å². The standard InChI is InChI=1S/C18H30N2/c1-4-5-16-6-8-20(13-16)9-7-18(19)17-11-14(2)10-15(3)12-17/h10-12,16,18H,4-9,13,19H2,1-3H3. The summed E-state index contributed by atoms with van der Waals surface area (Å²) in [6.07, 6.45) is 5.16. The van der Waals surface area contributed by atoms with Gasteiger partial charge in [0.2, 0.25) is 0 Å². The Labute approximate surface area is 124 Å². The van der Waals surface area contributed by atoms with Crippen LogP contribution in [0.2, 0.25) is 0 Å². The topological polar surface area (TPSA) is 29.3 Å². The number of aryl methyl sites for hydroxylation is 2. The van der Waals surface area contributed by atoms with Crippen molar-refractivity contribution in [2.75, 3.05) is 19.6 Å². The van der Waals surface area contributed by atoms with Crippen molar-refractivity contribution < 1.29 is 0 Å². The maximum atomic E-state index is 6.38. The SMILES string of the molecule is CCCC1CCN(CCC(N)c2cc(C)cc(C)c2)C1. The molecule has 0 bridgehead atoms. The van der Waals surface area contributed by atoms with Gasteiger partial charge in [0.25, 0.3) is 0 Å². The van der Waals surface area contributed by atoms with Gasteiger partial charge in [-0.3, -0.25) is 0 Å². The summed E-state index contributed by atoms with van der Waals surface area (Å²) in [5.41, 5.74) is 10.3. The minimum absolute atomic E-state index is 0.179. The molecule has 0 spiro atoms. The van der Waals surface area contributed by atoms with E-state index >= 15 is 0 Å². The summed E-state index contributed by atoms with van der Waals surface area (Å²) in [7, 11) is 0. The van der Waals surface area contributed by atoms with E-state index in [-0.39, 0.29) is 6.04 Å². The minimum atomic E-state index is 0.179. The van der Waals surface area contributed by atoms with E-state index in [0.29, 0.717) is 0 Å². The summed E-state index contributed by atoms with van der Waals surface area (Å²) in [4.78, 5) is 2.60. The molecule has 1 fully saturated rings. The molecule has 1 saturated heterocycles. The molecule has 2 rings (SSSR count). The lowest BCUT2D eigenvalue weighted by molar-refractivity contribution is 0.306. The van der Waals surface area contributed by atoms with Gasteiger partial charge in [0.15, 0.2) is 0 Å². The highest BCUT2D eigenvalue weighted by molar-refractivity contribution is 5.30. The number of rotatable bonds is 6. The number of hydrogen-bond donors (Lipinski definition) is 1. The first-order valence-electron chi connectivity index (χ1n) is 8.14. The maximum Gasteiger partial charge on any atom is 0.0307 e. The van der Waals surface area contributed by atoms with Gasteiger partial charge in [-0.15, -0.1) is 0 Å². The molecule has 112 valence electrons. The lowest BCUT2D eigenvalue weighted by atomic mass is 9.99. The number of likely N-dealkylation sites (tertiary alicyclic amines) is 1. The number of benzene rings is 1. The average Bonchev–Trinajstić information content (AvgIpc) is 2.83. The van der Waals surface area contributed by atoms with E-state index in [2.05, 4.69) is 43.9 Å². The zero-order chi connectivity index (χ0) is 14.5. The molecule has 2 nitrogen and oxygen atoms in total. The molecule has 0 saturated carbocycles. The van der Waals surface area contributed by atoms with Gasteiger partial charge >= 0.3 is 0 Å². The lowest BCUT2D eigenvalue weighted by Crippen LogP contribution is -2.25. The van der Waals surface area contributed by atoms with Gasteiger partial charge in [-0.05, 0) is 57.7 Å². The van der Waals surface area contributed by atoms with Crippen LogP contribution in [0, 0.1) is 19.8 Å². The summed E-state index contributed by atoms with van der Waals surface area (Å²) in [6.45, 7) is 10.3. The van der Waals surface area contributed by atoms with E-state index in [1.165, 1.54) is 49.0 Å². The molecule has 1 aromatic carbocycles. The highest BCUT2D eigenvalue weighted by Gasteiger charge is 2.21.